The van der Waals surface area contributed by atoms with E-state index in [1.54, 1.807) is 37.4 Å². The van der Waals surface area contributed by atoms with E-state index in [4.69, 9.17) is 15.2 Å². The highest BCUT2D eigenvalue weighted by molar-refractivity contribution is 9.10. The lowest BCUT2D eigenvalue weighted by Gasteiger charge is -2.30. The molecule has 0 aliphatic carbocycles. The average Bonchev–Trinajstić information content (AvgIpc) is 2.86. The Balaban J connectivity index is 1.66. The molecule has 11 nitrogen and oxygen atoms in total. The summed E-state index contributed by atoms with van der Waals surface area (Å²) in [5.74, 6) is 0.167. The van der Waals surface area contributed by atoms with Gasteiger partial charge in [-0.1, -0.05) is 0 Å². The number of aromatic nitrogens is 3. The number of methoxy groups -OCH3 is 1. The van der Waals surface area contributed by atoms with Crippen LogP contribution in [0.15, 0.2) is 44.4 Å². The van der Waals surface area contributed by atoms with Crippen molar-refractivity contribution < 1.29 is 19.1 Å². The fourth-order valence-corrected chi connectivity index (χ4v) is 4.82. The molecule has 2 amide bonds. The standard InChI is InChI=1S/C25H26BrN5O6/c1-13-9-16(10-14(2)21(13)37-17-6-7-19(36-3)18(26)11-17)31-25(35)28-23(33)20(29-31)24(34)30-8-4-5-15(12-30)22(27)32/h6-7,9-11,15H,4-5,8,12H2,1-3H3,(H2,27,32)(H,28,33,35). The maximum absolute atomic E-state index is 13.1. The van der Waals surface area contributed by atoms with Gasteiger partial charge in [-0.25, -0.2) is 4.79 Å². The number of hydrogen-bond donors (Lipinski definition) is 2. The number of aryl methyl sites for hydroxylation is 2. The number of nitrogens with two attached hydrogens (primary N) is 1. The Bertz CT molecular complexity index is 1470. The van der Waals surface area contributed by atoms with Crippen LogP contribution in [0.3, 0.4) is 0 Å². The maximum atomic E-state index is 13.1. The lowest BCUT2D eigenvalue weighted by molar-refractivity contribution is -0.123. The molecular weight excluding hydrogens is 546 g/mol. The van der Waals surface area contributed by atoms with Gasteiger partial charge >= 0.3 is 5.69 Å². The van der Waals surface area contributed by atoms with Gasteiger partial charge in [0.15, 0.2) is 0 Å². The van der Waals surface area contributed by atoms with Gasteiger partial charge in [-0.05, 0) is 84.1 Å². The molecule has 12 heteroatoms. The molecule has 1 aliphatic rings. The van der Waals surface area contributed by atoms with Crippen LogP contribution in [0.25, 0.3) is 5.69 Å². The molecule has 1 aromatic heterocycles. The van der Waals surface area contributed by atoms with Gasteiger partial charge in [0, 0.05) is 13.1 Å². The number of ether oxygens (including phenoxy) is 2. The summed E-state index contributed by atoms with van der Waals surface area (Å²) >= 11 is 3.44. The van der Waals surface area contributed by atoms with Gasteiger partial charge in [-0.15, -0.1) is 0 Å². The topological polar surface area (TPSA) is 150 Å². The predicted octanol–water partition coefficient (Wildman–Crippen LogP) is 2.44. The molecule has 3 N–H and O–H groups in total. The molecule has 3 aromatic rings. The van der Waals surface area contributed by atoms with Crippen molar-refractivity contribution in [2.75, 3.05) is 20.2 Å². The molecular formula is C25H26BrN5O6. The number of nitrogens with zero attached hydrogens (tertiary/aromatic N) is 3. The van der Waals surface area contributed by atoms with Gasteiger partial charge in [0.1, 0.15) is 17.2 Å². The number of piperidine rings is 1. The van der Waals surface area contributed by atoms with Crippen LogP contribution >= 0.6 is 15.9 Å². The van der Waals surface area contributed by atoms with Crippen LogP contribution < -0.4 is 26.5 Å². The number of amides is 2. The Kier molecular flexibility index (Phi) is 7.48. The van der Waals surface area contributed by atoms with E-state index in [9.17, 15) is 19.2 Å². The van der Waals surface area contributed by atoms with E-state index >= 15 is 0 Å². The lowest BCUT2D eigenvalue weighted by Crippen LogP contribution is -2.47. The lowest BCUT2D eigenvalue weighted by atomic mass is 9.97. The van der Waals surface area contributed by atoms with Crippen molar-refractivity contribution in [1.82, 2.24) is 19.7 Å². The van der Waals surface area contributed by atoms with E-state index in [1.807, 2.05) is 13.8 Å². The fourth-order valence-electron chi connectivity index (χ4n) is 4.30. The van der Waals surface area contributed by atoms with Crippen molar-refractivity contribution in [2.45, 2.75) is 26.7 Å². The second kappa shape index (κ2) is 10.6. The van der Waals surface area contributed by atoms with Crippen LogP contribution in [0.2, 0.25) is 0 Å². The van der Waals surface area contributed by atoms with E-state index in [-0.39, 0.29) is 6.54 Å². The van der Waals surface area contributed by atoms with Gasteiger partial charge in [-0.2, -0.15) is 9.78 Å². The van der Waals surface area contributed by atoms with Crippen molar-refractivity contribution in [1.29, 1.82) is 0 Å². The summed E-state index contributed by atoms with van der Waals surface area (Å²) < 4.78 is 13.0. The van der Waals surface area contributed by atoms with Crippen molar-refractivity contribution in [3.63, 3.8) is 0 Å². The summed E-state index contributed by atoms with van der Waals surface area (Å²) in [6, 6.07) is 8.67. The normalized spacial score (nSPS) is 15.4. The number of halogens is 1. The molecule has 2 aromatic carbocycles. The second-order valence-electron chi connectivity index (χ2n) is 8.82. The minimum Gasteiger partial charge on any atom is -0.496 e. The summed E-state index contributed by atoms with van der Waals surface area (Å²) in [6.45, 7) is 4.07. The number of primary amides is 1. The zero-order valence-electron chi connectivity index (χ0n) is 20.5. The average molecular weight is 572 g/mol. The minimum atomic E-state index is -0.897. The monoisotopic (exact) mass is 571 g/mol. The first-order valence-corrected chi connectivity index (χ1v) is 12.3. The van der Waals surface area contributed by atoms with E-state index < -0.39 is 34.7 Å². The Morgan fingerprint density at radius 3 is 2.49 bits per heavy atom. The molecule has 1 atom stereocenters. The Morgan fingerprint density at radius 1 is 1.16 bits per heavy atom. The first-order chi connectivity index (χ1) is 17.6. The summed E-state index contributed by atoms with van der Waals surface area (Å²) in [4.78, 5) is 53.4. The fraction of sp³-hybridized carbons (Fsp3) is 0.320. The Morgan fingerprint density at radius 2 is 1.86 bits per heavy atom. The molecule has 37 heavy (non-hydrogen) atoms. The number of H-pyrrole nitrogens is 1. The molecule has 0 saturated carbocycles. The number of nitrogens with one attached hydrogen (secondary N) is 1. The van der Waals surface area contributed by atoms with Crippen LogP contribution in [-0.4, -0.2) is 51.7 Å². The van der Waals surface area contributed by atoms with Crippen molar-refractivity contribution in [2.24, 2.45) is 11.7 Å². The number of carbonyl (C=O) groups is 2. The van der Waals surface area contributed by atoms with Crippen LogP contribution in [-0.2, 0) is 4.79 Å². The number of benzene rings is 2. The van der Waals surface area contributed by atoms with Crippen molar-refractivity contribution in [3.8, 4) is 22.9 Å². The molecule has 1 saturated heterocycles. The molecule has 1 aliphatic heterocycles. The summed E-state index contributed by atoms with van der Waals surface area (Å²) in [6.07, 6.45) is 1.14. The van der Waals surface area contributed by atoms with Gasteiger partial charge in [0.05, 0.1) is 23.2 Å². The Hall–Kier alpha value is -3.93. The highest BCUT2D eigenvalue weighted by Gasteiger charge is 2.30. The molecule has 1 unspecified atom stereocenters. The zero-order chi connectivity index (χ0) is 26.9. The quantitative estimate of drug-likeness (QED) is 0.461. The molecule has 1 fully saturated rings. The first kappa shape index (κ1) is 26.1. The number of rotatable bonds is 6. The largest absolute Gasteiger partial charge is 0.496 e. The van der Waals surface area contributed by atoms with Crippen LogP contribution in [0.5, 0.6) is 17.2 Å². The third-order valence-electron chi connectivity index (χ3n) is 6.17. The molecule has 194 valence electrons. The maximum Gasteiger partial charge on any atom is 0.349 e. The highest BCUT2D eigenvalue weighted by atomic mass is 79.9. The van der Waals surface area contributed by atoms with Crippen LogP contribution in [0, 0.1) is 19.8 Å². The highest BCUT2D eigenvalue weighted by Crippen LogP contribution is 2.34. The molecule has 0 spiro atoms. The summed E-state index contributed by atoms with van der Waals surface area (Å²) in [7, 11) is 1.57. The summed E-state index contributed by atoms with van der Waals surface area (Å²) in [5.41, 5.74) is 5.03. The van der Waals surface area contributed by atoms with E-state index in [0.717, 1.165) is 9.15 Å². The molecule has 0 radical (unpaired) electrons. The molecule has 4 rings (SSSR count). The number of hydrogen-bond acceptors (Lipinski definition) is 7. The van der Waals surface area contributed by atoms with E-state index in [0.29, 0.717) is 53.4 Å². The van der Waals surface area contributed by atoms with Crippen molar-refractivity contribution >= 4 is 27.7 Å². The first-order valence-electron chi connectivity index (χ1n) is 11.5. The zero-order valence-corrected chi connectivity index (χ0v) is 22.1. The van der Waals surface area contributed by atoms with Gasteiger partial charge < -0.3 is 20.1 Å². The van der Waals surface area contributed by atoms with E-state index in [2.05, 4.69) is 26.0 Å². The number of aromatic amines is 1. The Labute approximate surface area is 220 Å². The molecule has 0 bridgehead atoms. The SMILES string of the molecule is COc1ccc(Oc2c(C)cc(-n3nc(C(=O)N4CCCC(C(N)=O)C4)c(=O)[nH]c3=O)cc2C)cc1Br. The number of carbonyl (C=O) groups excluding carboxylic acids is 2. The van der Waals surface area contributed by atoms with Crippen LogP contribution in [0.4, 0.5) is 0 Å². The van der Waals surface area contributed by atoms with Crippen molar-refractivity contribution in [3.05, 3.63) is 72.5 Å². The third-order valence-corrected chi connectivity index (χ3v) is 6.79. The number of likely N-dealkylation sites (tertiary alicyclic amines) is 1. The van der Waals surface area contributed by atoms with Gasteiger partial charge in [-0.3, -0.25) is 19.4 Å². The smallest absolute Gasteiger partial charge is 0.349 e. The molecule has 2 heterocycles. The van der Waals surface area contributed by atoms with Crippen LogP contribution in [0.1, 0.15) is 34.5 Å². The summed E-state index contributed by atoms with van der Waals surface area (Å²) in [5, 5.41) is 4.11. The second-order valence-corrected chi connectivity index (χ2v) is 9.67. The van der Waals surface area contributed by atoms with Gasteiger partial charge in [0.2, 0.25) is 11.6 Å². The predicted molar refractivity (Wildman–Crippen MR) is 139 cm³/mol. The van der Waals surface area contributed by atoms with E-state index in [1.165, 1.54) is 4.90 Å². The van der Waals surface area contributed by atoms with Gasteiger partial charge in [0.25, 0.3) is 11.5 Å². The third kappa shape index (κ3) is 5.43. The minimum absolute atomic E-state index is 0.0974.